The van der Waals surface area contributed by atoms with Crippen LogP contribution in [0.4, 0.5) is 0 Å². The minimum absolute atomic E-state index is 0.108. The molecule has 3 heteroatoms. The van der Waals surface area contributed by atoms with E-state index in [1.54, 1.807) is 0 Å². The van der Waals surface area contributed by atoms with Crippen LogP contribution in [0, 0.1) is 19.8 Å². The number of fused-ring (bicyclic) bond motifs is 1. The Kier molecular flexibility index (Phi) is 4.48. The second kappa shape index (κ2) is 6.12. The average molecular weight is 272 g/mol. The highest BCUT2D eigenvalue weighted by molar-refractivity contribution is 5.90. The standard InChI is InChI=1S/C17H24N2O/c1-11(2)7-8-18-17(20)10-14-13(4)19-16-6-5-12(3)9-15(14)16/h5-6,9,11,19H,7-8,10H2,1-4H3,(H,18,20). The zero-order valence-corrected chi connectivity index (χ0v) is 12.8. The van der Waals surface area contributed by atoms with Gasteiger partial charge in [-0.3, -0.25) is 4.79 Å². The molecular formula is C17H24N2O. The lowest BCUT2D eigenvalue weighted by Gasteiger charge is -2.07. The number of H-pyrrole nitrogens is 1. The number of aromatic amines is 1. The number of rotatable bonds is 5. The van der Waals surface area contributed by atoms with Crippen molar-refractivity contribution in [3.05, 3.63) is 35.0 Å². The van der Waals surface area contributed by atoms with E-state index in [0.29, 0.717) is 12.3 Å². The monoisotopic (exact) mass is 272 g/mol. The van der Waals surface area contributed by atoms with Crippen molar-refractivity contribution in [1.82, 2.24) is 10.3 Å². The first-order valence-electron chi connectivity index (χ1n) is 7.32. The van der Waals surface area contributed by atoms with E-state index in [1.165, 1.54) is 10.9 Å². The zero-order valence-electron chi connectivity index (χ0n) is 12.8. The first kappa shape index (κ1) is 14.6. The molecule has 0 aliphatic carbocycles. The molecule has 0 atom stereocenters. The summed E-state index contributed by atoms with van der Waals surface area (Å²) in [7, 11) is 0. The van der Waals surface area contributed by atoms with Crippen molar-refractivity contribution < 1.29 is 4.79 Å². The Balaban J connectivity index is 2.11. The number of hydrogen-bond acceptors (Lipinski definition) is 1. The summed E-state index contributed by atoms with van der Waals surface area (Å²) in [4.78, 5) is 15.4. The van der Waals surface area contributed by atoms with E-state index in [0.717, 1.165) is 29.7 Å². The molecule has 1 heterocycles. The van der Waals surface area contributed by atoms with Crippen LogP contribution in [0.2, 0.25) is 0 Å². The van der Waals surface area contributed by atoms with Crippen LogP contribution < -0.4 is 5.32 Å². The average Bonchev–Trinajstić information content (AvgIpc) is 2.65. The lowest BCUT2D eigenvalue weighted by molar-refractivity contribution is -0.120. The summed E-state index contributed by atoms with van der Waals surface area (Å²) in [6.07, 6.45) is 1.48. The fourth-order valence-electron chi connectivity index (χ4n) is 2.45. The molecule has 20 heavy (non-hydrogen) atoms. The molecule has 0 saturated carbocycles. The molecule has 0 spiro atoms. The third-order valence-electron chi connectivity index (χ3n) is 3.66. The summed E-state index contributed by atoms with van der Waals surface area (Å²) in [6.45, 7) is 9.20. The van der Waals surface area contributed by atoms with E-state index in [1.807, 2.05) is 6.92 Å². The third-order valence-corrected chi connectivity index (χ3v) is 3.66. The molecule has 0 aliphatic rings. The van der Waals surface area contributed by atoms with Crippen LogP contribution in [-0.4, -0.2) is 17.4 Å². The molecule has 1 aromatic carbocycles. The first-order chi connectivity index (χ1) is 9.47. The highest BCUT2D eigenvalue weighted by Crippen LogP contribution is 2.23. The van der Waals surface area contributed by atoms with Gasteiger partial charge in [-0.25, -0.2) is 0 Å². The van der Waals surface area contributed by atoms with Crippen LogP contribution in [0.3, 0.4) is 0 Å². The van der Waals surface area contributed by atoms with Gasteiger partial charge in [0.25, 0.3) is 0 Å². The van der Waals surface area contributed by atoms with Crippen LogP contribution in [0.25, 0.3) is 10.9 Å². The lowest BCUT2D eigenvalue weighted by Crippen LogP contribution is -2.27. The molecule has 2 rings (SSSR count). The smallest absolute Gasteiger partial charge is 0.224 e. The van der Waals surface area contributed by atoms with Crippen molar-refractivity contribution in [1.29, 1.82) is 0 Å². The first-order valence-corrected chi connectivity index (χ1v) is 7.32. The van der Waals surface area contributed by atoms with Gasteiger partial charge in [0.05, 0.1) is 6.42 Å². The largest absolute Gasteiger partial charge is 0.358 e. The summed E-state index contributed by atoms with van der Waals surface area (Å²) >= 11 is 0. The predicted molar refractivity (Wildman–Crippen MR) is 83.9 cm³/mol. The molecule has 0 fully saturated rings. The van der Waals surface area contributed by atoms with Gasteiger partial charge in [-0.2, -0.15) is 0 Å². The maximum absolute atomic E-state index is 12.0. The van der Waals surface area contributed by atoms with Gasteiger partial charge in [-0.05, 0) is 43.9 Å². The number of benzene rings is 1. The highest BCUT2D eigenvalue weighted by atomic mass is 16.1. The molecule has 1 amide bonds. The SMILES string of the molecule is Cc1ccc2[nH]c(C)c(CC(=O)NCCC(C)C)c2c1. The maximum Gasteiger partial charge on any atom is 0.224 e. The van der Waals surface area contributed by atoms with E-state index in [2.05, 4.69) is 49.3 Å². The fraction of sp³-hybridized carbons (Fsp3) is 0.471. The van der Waals surface area contributed by atoms with Gasteiger partial charge in [-0.1, -0.05) is 25.5 Å². The summed E-state index contributed by atoms with van der Waals surface area (Å²) in [5.41, 5.74) is 4.53. The summed E-state index contributed by atoms with van der Waals surface area (Å²) in [5, 5.41) is 4.17. The second-order valence-electron chi connectivity index (χ2n) is 5.99. The van der Waals surface area contributed by atoms with Crippen LogP contribution in [0.15, 0.2) is 18.2 Å². The molecule has 0 aliphatic heterocycles. The van der Waals surface area contributed by atoms with Gasteiger partial charge >= 0.3 is 0 Å². The maximum atomic E-state index is 12.0. The minimum Gasteiger partial charge on any atom is -0.358 e. The molecule has 0 bridgehead atoms. The zero-order chi connectivity index (χ0) is 14.7. The van der Waals surface area contributed by atoms with Crippen LogP contribution in [0.5, 0.6) is 0 Å². The number of carbonyl (C=O) groups excluding carboxylic acids is 1. The minimum atomic E-state index is 0.108. The van der Waals surface area contributed by atoms with Crippen molar-refractivity contribution >= 4 is 16.8 Å². The second-order valence-corrected chi connectivity index (χ2v) is 5.99. The molecule has 3 nitrogen and oxygen atoms in total. The molecule has 1 aromatic heterocycles. The Hall–Kier alpha value is -1.77. The van der Waals surface area contributed by atoms with Crippen molar-refractivity contribution in [3.8, 4) is 0 Å². The number of aryl methyl sites for hydroxylation is 2. The van der Waals surface area contributed by atoms with E-state index >= 15 is 0 Å². The number of aromatic nitrogens is 1. The molecule has 2 N–H and O–H groups in total. The number of amides is 1. The number of hydrogen-bond donors (Lipinski definition) is 2. The summed E-state index contributed by atoms with van der Waals surface area (Å²) in [6, 6.07) is 6.32. The predicted octanol–water partition coefficient (Wildman–Crippen LogP) is 3.49. The van der Waals surface area contributed by atoms with Gasteiger partial charge in [0.2, 0.25) is 5.91 Å². The molecule has 108 valence electrons. The van der Waals surface area contributed by atoms with E-state index in [9.17, 15) is 4.79 Å². The molecule has 0 unspecified atom stereocenters. The Morgan fingerprint density at radius 1 is 1.30 bits per heavy atom. The highest BCUT2D eigenvalue weighted by Gasteiger charge is 2.12. The van der Waals surface area contributed by atoms with Crippen LogP contribution >= 0.6 is 0 Å². The Labute approximate surface area is 120 Å². The molecular weight excluding hydrogens is 248 g/mol. The van der Waals surface area contributed by atoms with Gasteiger partial charge in [0, 0.05) is 23.1 Å². The van der Waals surface area contributed by atoms with Crippen molar-refractivity contribution in [2.24, 2.45) is 5.92 Å². The van der Waals surface area contributed by atoms with Gasteiger partial charge in [-0.15, -0.1) is 0 Å². The summed E-state index contributed by atoms with van der Waals surface area (Å²) < 4.78 is 0. The number of nitrogens with one attached hydrogen (secondary N) is 2. The molecule has 0 saturated heterocycles. The van der Waals surface area contributed by atoms with Crippen LogP contribution in [0.1, 0.15) is 37.1 Å². The van der Waals surface area contributed by atoms with Gasteiger partial charge < -0.3 is 10.3 Å². The van der Waals surface area contributed by atoms with Crippen molar-refractivity contribution in [2.45, 2.75) is 40.5 Å². The molecule has 2 aromatic rings. The third kappa shape index (κ3) is 3.41. The quantitative estimate of drug-likeness (QED) is 0.860. The van der Waals surface area contributed by atoms with Gasteiger partial charge in [0.1, 0.15) is 0 Å². The van der Waals surface area contributed by atoms with Gasteiger partial charge in [0.15, 0.2) is 0 Å². The Bertz CT molecular complexity index is 611. The number of carbonyl (C=O) groups is 1. The van der Waals surface area contributed by atoms with Crippen molar-refractivity contribution in [3.63, 3.8) is 0 Å². The van der Waals surface area contributed by atoms with Crippen LogP contribution in [-0.2, 0) is 11.2 Å². The molecule has 0 radical (unpaired) electrons. The lowest BCUT2D eigenvalue weighted by atomic mass is 10.1. The topological polar surface area (TPSA) is 44.9 Å². The Morgan fingerprint density at radius 2 is 2.05 bits per heavy atom. The van der Waals surface area contributed by atoms with E-state index in [4.69, 9.17) is 0 Å². The Morgan fingerprint density at radius 3 is 2.75 bits per heavy atom. The normalized spacial score (nSPS) is 11.2. The van der Waals surface area contributed by atoms with E-state index < -0.39 is 0 Å². The summed E-state index contributed by atoms with van der Waals surface area (Å²) in [5.74, 6) is 0.726. The van der Waals surface area contributed by atoms with E-state index in [-0.39, 0.29) is 5.91 Å². The van der Waals surface area contributed by atoms with Crippen molar-refractivity contribution in [2.75, 3.05) is 6.54 Å². The fourth-order valence-corrected chi connectivity index (χ4v) is 2.45.